The zero-order valence-electron chi connectivity index (χ0n) is 12.2. The molecule has 1 aliphatic rings. The molecule has 0 bridgehead atoms. The van der Waals surface area contributed by atoms with Crippen LogP contribution in [0.1, 0.15) is 11.9 Å². The highest BCUT2D eigenvalue weighted by atomic mass is 19.1. The molecule has 0 radical (unpaired) electrons. The lowest BCUT2D eigenvalue weighted by Crippen LogP contribution is -2.50. The van der Waals surface area contributed by atoms with Crippen molar-refractivity contribution in [2.45, 2.75) is 6.04 Å². The van der Waals surface area contributed by atoms with Gasteiger partial charge in [-0.05, 0) is 19.2 Å². The van der Waals surface area contributed by atoms with Crippen LogP contribution in [0.15, 0.2) is 30.7 Å². The zero-order valence-corrected chi connectivity index (χ0v) is 12.2. The number of nitrogens with zero attached hydrogens (tertiary/aromatic N) is 4. The number of hydrogen-bond acceptors (Lipinski definition) is 4. The standard InChI is InChI=1S/C14H17FN6O/c1-20-6-7-21(9-11(20)13-16-4-5-17-13)14(22)19-12-3-2-10(15)8-18-12/h2-5,8,11H,6-7,9H2,1H3,(H,16,17)(H,18,19,22). The third-order valence-electron chi connectivity index (χ3n) is 3.73. The number of aromatic nitrogens is 3. The molecule has 1 aliphatic heterocycles. The van der Waals surface area contributed by atoms with Crippen molar-refractivity contribution in [3.8, 4) is 0 Å². The van der Waals surface area contributed by atoms with Gasteiger partial charge >= 0.3 is 6.03 Å². The van der Waals surface area contributed by atoms with Crippen molar-refractivity contribution in [2.75, 3.05) is 32.0 Å². The lowest BCUT2D eigenvalue weighted by Gasteiger charge is -2.38. The van der Waals surface area contributed by atoms with Gasteiger partial charge < -0.3 is 9.88 Å². The van der Waals surface area contributed by atoms with Gasteiger partial charge in [-0.1, -0.05) is 0 Å². The third-order valence-corrected chi connectivity index (χ3v) is 3.73. The van der Waals surface area contributed by atoms with Gasteiger partial charge in [0.25, 0.3) is 0 Å². The van der Waals surface area contributed by atoms with E-state index < -0.39 is 5.82 Å². The summed E-state index contributed by atoms with van der Waals surface area (Å²) in [5, 5.41) is 2.68. The van der Waals surface area contributed by atoms with Gasteiger partial charge in [-0.2, -0.15) is 0 Å². The first kappa shape index (κ1) is 14.5. The van der Waals surface area contributed by atoms with E-state index in [1.54, 1.807) is 17.3 Å². The van der Waals surface area contributed by atoms with E-state index in [0.29, 0.717) is 18.9 Å². The highest BCUT2D eigenvalue weighted by Gasteiger charge is 2.30. The Kier molecular flexibility index (Phi) is 4.01. The van der Waals surface area contributed by atoms with E-state index in [9.17, 15) is 9.18 Å². The molecular formula is C14H17FN6O. The molecule has 0 aromatic carbocycles. The van der Waals surface area contributed by atoms with Crippen LogP contribution in [0, 0.1) is 5.82 Å². The summed E-state index contributed by atoms with van der Waals surface area (Å²) < 4.78 is 12.8. The number of hydrogen-bond donors (Lipinski definition) is 2. The molecule has 3 rings (SSSR count). The van der Waals surface area contributed by atoms with Crippen LogP contribution in [-0.4, -0.2) is 57.5 Å². The molecule has 1 unspecified atom stereocenters. The molecule has 0 saturated carbocycles. The first-order valence-corrected chi connectivity index (χ1v) is 7.00. The molecule has 3 heterocycles. The number of carbonyl (C=O) groups is 1. The molecule has 22 heavy (non-hydrogen) atoms. The Balaban J connectivity index is 1.66. The average Bonchev–Trinajstić information content (AvgIpc) is 3.04. The van der Waals surface area contributed by atoms with E-state index in [4.69, 9.17) is 0 Å². The smallest absolute Gasteiger partial charge is 0.323 e. The molecule has 0 spiro atoms. The summed E-state index contributed by atoms with van der Waals surface area (Å²) in [6, 6.07) is 2.48. The van der Waals surface area contributed by atoms with Gasteiger partial charge in [-0.25, -0.2) is 19.2 Å². The summed E-state index contributed by atoms with van der Waals surface area (Å²) in [5.41, 5.74) is 0. The minimum absolute atomic E-state index is 0.0238. The van der Waals surface area contributed by atoms with Gasteiger partial charge in [-0.3, -0.25) is 10.2 Å². The Hall–Kier alpha value is -2.48. The number of halogens is 1. The minimum Gasteiger partial charge on any atom is -0.347 e. The molecule has 2 aromatic rings. The van der Waals surface area contributed by atoms with Crippen LogP contribution in [-0.2, 0) is 0 Å². The van der Waals surface area contributed by atoms with Crippen LogP contribution < -0.4 is 5.32 Å². The zero-order chi connectivity index (χ0) is 15.5. The molecule has 2 aromatic heterocycles. The Morgan fingerprint density at radius 3 is 2.95 bits per heavy atom. The Labute approximate surface area is 127 Å². The molecule has 1 fully saturated rings. The summed E-state index contributed by atoms with van der Waals surface area (Å²) in [6.07, 6.45) is 4.54. The van der Waals surface area contributed by atoms with Gasteiger partial charge in [-0.15, -0.1) is 0 Å². The molecule has 2 N–H and O–H groups in total. The van der Waals surface area contributed by atoms with Crippen molar-refractivity contribution in [3.63, 3.8) is 0 Å². The van der Waals surface area contributed by atoms with E-state index in [0.717, 1.165) is 18.6 Å². The maximum atomic E-state index is 12.8. The quantitative estimate of drug-likeness (QED) is 0.880. The minimum atomic E-state index is -0.435. The first-order chi connectivity index (χ1) is 10.6. The topological polar surface area (TPSA) is 77.2 Å². The van der Waals surface area contributed by atoms with Crippen LogP contribution in [0.5, 0.6) is 0 Å². The molecule has 0 aliphatic carbocycles. The van der Waals surface area contributed by atoms with Crippen LogP contribution in [0.3, 0.4) is 0 Å². The lowest BCUT2D eigenvalue weighted by atomic mass is 10.1. The number of aromatic amines is 1. The third kappa shape index (κ3) is 3.06. The fourth-order valence-corrected chi connectivity index (χ4v) is 2.45. The van der Waals surface area contributed by atoms with E-state index in [2.05, 4.69) is 25.2 Å². The fourth-order valence-electron chi connectivity index (χ4n) is 2.45. The number of carbonyl (C=O) groups excluding carboxylic acids is 1. The number of H-pyrrole nitrogens is 1. The normalized spacial score (nSPS) is 19.2. The van der Waals surface area contributed by atoms with Crippen LogP contribution >= 0.6 is 0 Å². The summed E-state index contributed by atoms with van der Waals surface area (Å²) in [5.74, 6) is 0.732. The average molecular weight is 304 g/mol. The summed E-state index contributed by atoms with van der Waals surface area (Å²) in [4.78, 5) is 27.4. The number of rotatable bonds is 2. The first-order valence-electron chi connectivity index (χ1n) is 7.00. The SMILES string of the molecule is CN1CCN(C(=O)Nc2ccc(F)cn2)CC1c1ncc[nH]1. The van der Waals surface area contributed by atoms with Gasteiger partial charge in [0.05, 0.1) is 12.2 Å². The number of pyridine rings is 1. The molecular weight excluding hydrogens is 287 g/mol. The van der Waals surface area contributed by atoms with Crippen molar-refractivity contribution >= 4 is 11.8 Å². The van der Waals surface area contributed by atoms with Crippen molar-refractivity contribution < 1.29 is 9.18 Å². The van der Waals surface area contributed by atoms with E-state index in [-0.39, 0.29) is 12.1 Å². The summed E-state index contributed by atoms with van der Waals surface area (Å²) >= 11 is 0. The van der Waals surface area contributed by atoms with Gasteiger partial charge in [0.2, 0.25) is 0 Å². The van der Waals surface area contributed by atoms with Crippen LogP contribution in [0.25, 0.3) is 0 Å². The van der Waals surface area contributed by atoms with Gasteiger partial charge in [0.1, 0.15) is 17.5 Å². The van der Waals surface area contributed by atoms with Gasteiger partial charge in [0, 0.05) is 32.0 Å². The van der Waals surface area contributed by atoms with E-state index >= 15 is 0 Å². The van der Waals surface area contributed by atoms with Crippen molar-refractivity contribution in [2.24, 2.45) is 0 Å². The largest absolute Gasteiger partial charge is 0.347 e. The number of nitrogens with one attached hydrogen (secondary N) is 2. The molecule has 1 saturated heterocycles. The van der Waals surface area contributed by atoms with E-state index in [1.165, 1.54) is 12.1 Å². The number of amides is 2. The van der Waals surface area contributed by atoms with Crippen molar-refractivity contribution in [1.82, 2.24) is 24.8 Å². The maximum Gasteiger partial charge on any atom is 0.323 e. The summed E-state index contributed by atoms with van der Waals surface area (Å²) in [7, 11) is 2.00. The molecule has 8 heteroatoms. The molecule has 2 amide bonds. The highest BCUT2D eigenvalue weighted by molar-refractivity contribution is 5.88. The second-order valence-corrected chi connectivity index (χ2v) is 5.21. The Bertz CT molecular complexity index is 629. The molecule has 7 nitrogen and oxygen atoms in total. The Morgan fingerprint density at radius 1 is 1.41 bits per heavy atom. The van der Waals surface area contributed by atoms with Gasteiger partial charge in [0.15, 0.2) is 0 Å². The predicted octanol–water partition coefficient (Wildman–Crippen LogP) is 1.46. The lowest BCUT2D eigenvalue weighted by molar-refractivity contribution is 0.112. The maximum absolute atomic E-state index is 12.8. The number of piperazine rings is 1. The van der Waals surface area contributed by atoms with Crippen LogP contribution in [0.4, 0.5) is 15.0 Å². The fraction of sp³-hybridized carbons (Fsp3) is 0.357. The number of urea groups is 1. The number of imidazole rings is 1. The van der Waals surface area contributed by atoms with Crippen LogP contribution in [0.2, 0.25) is 0 Å². The molecule has 1 atom stereocenters. The number of likely N-dealkylation sites (N-methyl/N-ethyl adjacent to an activating group) is 1. The Morgan fingerprint density at radius 2 is 2.27 bits per heavy atom. The number of anilines is 1. The second-order valence-electron chi connectivity index (χ2n) is 5.21. The second kappa shape index (κ2) is 6.10. The summed E-state index contributed by atoms with van der Waals surface area (Å²) in [6.45, 7) is 1.88. The molecule has 116 valence electrons. The monoisotopic (exact) mass is 304 g/mol. The van der Waals surface area contributed by atoms with Crippen molar-refractivity contribution in [1.29, 1.82) is 0 Å². The predicted molar refractivity (Wildman–Crippen MR) is 78.7 cm³/mol. The highest BCUT2D eigenvalue weighted by Crippen LogP contribution is 2.21. The van der Waals surface area contributed by atoms with E-state index in [1.807, 2.05) is 7.05 Å². The van der Waals surface area contributed by atoms with Crippen molar-refractivity contribution in [3.05, 3.63) is 42.4 Å².